The van der Waals surface area contributed by atoms with E-state index in [-0.39, 0.29) is 5.91 Å². The summed E-state index contributed by atoms with van der Waals surface area (Å²) in [6.45, 7) is 3.18. The molecule has 0 spiro atoms. The molecule has 25 heavy (non-hydrogen) atoms. The van der Waals surface area contributed by atoms with Gasteiger partial charge in [-0.05, 0) is 31.7 Å². The molecule has 2 amide bonds. The lowest BCUT2D eigenvalue weighted by atomic mass is 10.1. The molecule has 132 valence electrons. The van der Waals surface area contributed by atoms with Crippen molar-refractivity contribution in [3.05, 3.63) is 51.4 Å². The molecule has 0 saturated heterocycles. The molecule has 1 aliphatic carbocycles. The Kier molecular flexibility index (Phi) is 5.20. The predicted octanol–water partition coefficient (Wildman–Crippen LogP) is 1.30. The summed E-state index contributed by atoms with van der Waals surface area (Å²) in [5.74, 6) is -0.540. The molecule has 0 aliphatic heterocycles. The summed E-state index contributed by atoms with van der Waals surface area (Å²) in [7, 11) is 1.99. The molecule has 1 aliphatic rings. The molecular formula is C19H24N3O2S+. The lowest BCUT2D eigenvalue weighted by Crippen LogP contribution is -3.08. The summed E-state index contributed by atoms with van der Waals surface area (Å²) >= 11 is 1.50. The first-order chi connectivity index (χ1) is 11.9. The van der Waals surface area contributed by atoms with Gasteiger partial charge in [-0.15, -0.1) is 11.3 Å². The molecule has 5 nitrogen and oxygen atoms in total. The van der Waals surface area contributed by atoms with Crippen molar-refractivity contribution in [3.63, 3.8) is 0 Å². The summed E-state index contributed by atoms with van der Waals surface area (Å²) in [5.41, 5.74) is 9.51. The number of nitrogens with two attached hydrogens (primary N) is 1. The maximum atomic E-state index is 12.4. The number of primary amides is 1. The molecule has 0 saturated carbocycles. The summed E-state index contributed by atoms with van der Waals surface area (Å²) in [6.07, 6.45) is 2.90. The second kappa shape index (κ2) is 7.37. The number of hydrogen-bond acceptors (Lipinski definition) is 3. The van der Waals surface area contributed by atoms with Crippen molar-refractivity contribution < 1.29 is 14.5 Å². The number of rotatable bonds is 6. The van der Waals surface area contributed by atoms with Crippen LogP contribution in [0.25, 0.3) is 0 Å². The standard InChI is InChI=1S/C19H23N3O2S/c1-12-6-8-13(9-7-12)10-22(2)11-16(23)21-19-17(18(20)24)14-4-3-5-15(14)25-19/h6-9H,3-5,10-11H2,1-2H3,(H2,20,24)(H,21,23)/p+1. The number of benzene rings is 1. The molecule has 4 N–H and O–H groups in total. The Balaban J connectivity index is 1.63. The van der Waals surface area contributed by atoms with Gasteiger partial charge in [0.15, 0.2) is 6.54 Å². The third-order valence-corrected chi connectivity index (χ3v) is 5.72. The highest BCUT2D eigenvalue weighted by Gasteiger charge is 2.26. The topological polar surface area (TPSA) is 76.6 Å². The number of aryl methyl sites for hydroxylation is 2. The average Bonchev–Trinajstić information content (AvgIpc) is 3.09. The Bertz CT molecular complexity index is 796. The van der Waals surface area contributed by atoms with E-state index in [0.717, 1.165) is 36.3 Å². The molecule has 3 rings (SSSR count). The van der Waals surface area contributed by atoms with Crippen molar-refractivity contribution in [2.24, 2.45) is 5.73 Å². The van der Waals surface area contributed by atoms with Crippen molar-refractivity contribution in [1.82, 2.24) is 0 Å². The third kappa shape index (κ3) is 4.08. The molecule has 0 fully saturated rings. The number of fused-ring (bicyclic) bond motifs is 1. The van der Waals surface area contributed by atoms with Gasteiger partial charge < -0.3 is 16.0 Å². The van der Waals surface area contributed by atoms with E-state index in [2.05, 4.69) is 36.5 Å². The van der Waals surface area contributed by atoms with E-state index in [0.29, 0.717) is 17.1 Å². The molecule has 2 aromatic rings. The summed E-state index contributed by atoms with van der Waals surface area (Å²) in [5, 5.41) is 3.52. The van der Waals surface area contributed by atoms with Crippen molar-refractivity contribution in [2.45, 2.75) is 32.7 Å². The largest absolute Gasteiger partial charge is 0.365 e. The first-order valence-electron chi connectivity index (χ1n) is 8.55. The molecule has 0 bridgehead atoms. The first kappa shape index (κ1) is 17.6. The van der Waals surface area contributed by atoms with Gasteiger partial charge in [-0.2, -0.15) is 0 Å². The Morgan fingerprint density at radius 1 is 1.24 bits per heavy atom. The normalized spacial score (nSPS) is 14.2. The highest BCUT2D eigenvalue weighted by molar-refractivity contribution is 7.17. The van der Waals surface area contributed by atoms with E-state index in [1.165, 1.54) is 27.3 Å². The van der Waals surface area contributed by atoms with Gasteiger partial charge in [0, 0.05) is 10.4 Å². The van der Waals surface area contributed by atoms with Gasteiger partial charge in [0.25, 0.3) is 11.8 Å². The lowest BCUT2D eigenvalue weighted by Gasteiger charge is -2.14. The van der Waals surface area contributed by atoms with Crippen molar-refractivity contribution >= 4 is 28.2 Å². The number of amides is 2. The second-order valence-electron chi connectivity index (χ2n) is 6.77. The van der Waals surface area contributed by atoms with Gasteiger partial charge in [0.2, 0.25) is 0 Å². The smallest absolute Gasteiger partial charge is 0.280 e. The Hall–Kier alpha value is -2.18. The number of nitrogens with one attached hydrogen (secondary N) is 2. The van der Waals surface area contributed by atoms with Crippen LogP contribution in [0.3, 0.4) is 0 Å². The highest BCUT2D eigenvalue weighted by atomic mass is 32.1. The van der Waals surface area contributed by atoms with Gasteiger partial charge in [-0.3, -0.25) is 9.59 Å². The number of anilines is 1. The Labute approximate surface area is 151 Å². The SMILES string of the molecule is Cc1ccc(C[NH+](C)CC(=O)Nc2sc3c(c2C(N)=O)CCC3)cc1. The number of hydrogen-bond donors (Lipinski definition) is 3. The maximum Gasteiger partial charge on any atom is 0.280 e. The molecule has 1 atom stereocenters. The van der Waals surface area contributed by atoms with Crippen LogP contribution in [0, 0.1) is 6.92 Å². The monoisotopic (exact) mass is 358 g/mol. The van der Waals surface area contributed by atoms with Gasteiger partial charge in [0.1, 0.15) is 11.5 Å². The second-order valence-corrected chi connectivity index (χ2v) is 7.88. The fourth-order valence-electron chi connectivity index (χ4n) is 3.31. The molecule has 1 unspecified atom stereocenters. The molecule has 1 heterocycles. The van der Waals surface area contributed by atoms with E-state index >= 15 is 0 Å². The van der Waals surface area contributed by atoms with Crippen LogP contribution in [0.4, 0.5) is 5.00 Å². The van der Waals surface area contributed by atoms with Crippen LogP contribution >= 0.6 is 11.3 Å². The average molecular weight is 358 g/mol. The number of carbonyl (C=O) groups is 2. The zero-order valence-electron chi connectivity index (χ0n) is 14.6. The lowest BCUT2D eigenvalue weighted by molar-refractivity contribution is -0.885. The minimum absolute atomic E-state index is 0.0907. The minimum Gasteiger partial charge on any atom is -0.365 e. The highest BCUT2D eigenvalue weighted by Crippen LogP contribution is 2.38. The van der Waals surface area contributed by atoms with Crippen LogP contribution in [0.2, 0.25) is 0 Å². The van der Waals surface area contributed by atoms with Crippen LogP contribution in [-0.4, -0.2) is 25.4 Å². The maximum absolute atomic E-state index is 12.4. The number of likely N-dealkylation sites (N-methyl/N-ethyl adjacent to an activating group) is 1. The van der Waals surface area contributed by atoms with Crippen LogP contribution < -0.4 is 16.0 Å². The van der Waals surface area contributed by atoms with Crippen molar-refractivity contribution in [3.8, 4) is 0 Å². The molecule has 6 heteroatoms. The van der Waals surface area contributed by atoms with Crippen LogP contribution in [0.5, 0.6) is 0 Å². The summed E-state index contributed by atoms with van der Waals surface area (Å²) in [4.78, 5) is 26.5. The summed E-state index contributed by atoms with van der Waals surface area (Å²) < 4.78 is 0. The quantitative estimate of drug-likeness (QED) is 0.728. The van der Waals surface area contributed by atoms with Gasteiger partial charge in [-0.1, -0.05) is 29.8 Å². The molecular weight excluding hydrogens is 334 g/mol. The Morgan fingerprint density at radius 2 is 1.96 bits per heavy atom. The first-order valence-corrected chi connectivity index (χ1v) is 9.36. The zero-order chi connectivity index (χ0) is 18.0. The van der Waals surface area contributed by atoms with E-state index in [1.807, 2.05) is 7.05 Å². The van der Waals surface area contributed by atoms with Gasteiger partial charge in [-0.25, -0.2) is 0 Å². The number of quaternary nitrogens is 1. The van der Waals surface area contributed by atoms with E-state index in [9.17, 15) is 9.59 Å². The number of carbonyl (C=O) groups excluding carboxylic acids is 2. The van der Waals surface area contributed by atoms with Gasteiger partial charge >= 0.3 is 0 Å². The van der Waals surface area contributed by atoms with E-state index < -0.39 is 5.91 Å². The summed E-state index contributed by atoms with van der Waals surface area (Å²) in [6, 6.07) is 8.33. The van der Waals surface area contributed by atoms with Crippen LogP contribution in [0.15, 0.2) is 24.3 Å². The fraction of sp³-hybridized carbons (Fsp3) is 0.368. The number of thiophene rings is 1. The van der Waals surface area contributed by atoms with E-state index in [1.54, 1.807) is 0 Å². The van der Waals surface area contributed by atoms with Gasteiger partial charge in [0.05, 0.1) is 12.6 Å². The fourth-order valence-corrected chi connectivity index (χ4v) is 4.63. The Morgan fingerprint density at radius 3 is 2.64 bits per heavy atom. The van der Waals surface area contributed by atoms with Crippen molar-refractivity contribution in [2.75, 3.05) is 18.9 Å². The van der Waals surface area contributed by atoms with Crippen LogP contribution in [0.1, 0.15) is 38.3 Å². The minimum atomic E-state index is -0.449. The molecule has 0 radical (unpaired) electrons. The van der Waals surface area contributed by atoms with Crippen molar-refractivity contribution in [1.29, 1.82) is 0 Å². The van der Waals surface area contributed by atoms with E-state index in [4.69, 9.17) is 5.73 Å². The third-order valence-electron chi connectivity index (χ3n) is 4.51. The van der Waals surface area contributed by atoms with Crippen LogP contribution in [-0.2, 0) is 24.2 Å². The molecule has 1 aromatic carbocycles. The molecule has 1 aromatic heterocycles. The predicted molar refractivity (Wildman–Crippen MR) is 100 cm³/mol. The zero-order valence-corrected chi connectivity index (χ0v) is 15.5.